The number of benzene rings is 1. The van der Waals surface area contributed by atoms with Gasteiger partial charge in [0.2, 0.25) is 5.13 Å². The van der Waals surface area contributed by atoms with E-state index in [9.17, 15) is 0 Å². The lowest BCUT2D eigenvalue weighted by atomic mass is 10.1. The maximum absolute atomic E-state index is 5.42. The van der Waals surface area contributed by atoms with Crippen LogP contribution in [0.2, 0.25) is 0 Å². The highest BCUT2D eigenvalue weighted by Gasteiger charge is 2.08. The van der Waals surface area contributed by atoms with Gasteiger partial charge in [0.15, 0.2) is 0 Å². The van der Waals surface area contributed by atoms with Crippen LogP contribution in [0.5, 0.6) is 5.75 Å². The number of hydrogen-bond acceptors (Lipinski definition) is 6. The molecule has 2 aromatic rings. The van der Waals surface area contributed by atoms with Gasteiger partial charge in [0, 0.05) is 36.6 Å². The van der Waals surface area contributed by atoms with Crippen LogP contribution < -0.4 is 15.8 Å². The number of anilines is 1. The van der Waals surface area contributed by atoms with Crippen LogP contribution in [0, 0.1) is 0 Å². The van der Waals surface area contributed by atoms with E-state index in [0.717, 1.165) is 22.3 Å². The zero-order chi connectivity index (χ0) is 12.8. The minimum Gasteiger partial charge on any atom is -0.496 e. The Kier molecular flexibility index (Phi) is 4.49. The minimum atomic E-state index is 0.585. The molecular weight excluding hydrogens is 248 g/mol. The highest BCUT2D eigenvalue weighted by Crippen LogP contribution is 2.21. The summed E-state index contributed by atoms with van der Waals surface area (Å²) in [6.07, 6.45) is 0.671. The van der Waals surface area contributed by atoms with Crippen molar-refractivity contribution in [3.8, 4) is 5.75 Å². The molecule has 1 aromatic carbocycles. The lowest BCUT2D eigenvalue weighted by molar-refractivity contribution is 0.410. The van der Waals surface area contributed by atoms with Gasteiger partial charge in [0.05, 0.1) is 7.11 Å². The topological polar surface area (TPSA) is 73.1 Å². The SMILES string of the molecule is COc1ccccc1Cc1nsc(NCCN)n1. The molecule has 0 bridgehead atoms. The summed E-state index contributed by atoms with van der Waals surface area (Å²) in [6.45, 7) is 1.30. The average Bonchev–Trinajstić information content (AvgIpc) is 2.84. The van der Waals surface area contributed by atoms with Crippen molar-refractivity contribution in [1.29, 1.82) is 0 Å². The van der Waals surface area contributed by atoms with E-state index in [1.54, 1.807) is 7.11 Å². The smallest absolute Gasteiger partial charge is 0.202 e. The Bertz CT molecular complexity index is 500. The van der Waals surface area contributed by atoms with E-state index < -0.39 is 0 Å². The molecule has 0 aliphatic rings. The summed E-state index contributed by atoms with van der Waals surface area (Å²) in [4.78, 5) is 4.40. The molecule has 96 valence electrons. The third kappa shape index (κ3) is 3.18. The van der Waals surface area contributed by atoms with E-state index in [-0.39, 0.29) is 0 Å². The molecule has 5 nitrogen and oxygen atoms in total. The van der Waals surface area contributed by atoms with Crippen molar-refractivity contribution in [2.45, 2.75) is 6.42 Å². The number of aromatic nitrogens is 2. The molecule has 1 heterocycles. The molecule has 0 radical (unpaired) electrons. The summed E-state index contributed by atoms with van der Waals surface area (Å²) in [7, 11) is 1.67. The Morgan fingerprint density at radius 1 is 1.39 bits per heavy atom. The molecule has 0 amide bonds. The maximum atomic E-state index is 5.42. The van der Waals surface area contributed by atoms with Crippen LogP contribution in [-0.2, 0) is 6.42 Å². The second-order valence-electron chi connectivity index (χ2n) is 3.72. The Balaban J connectivity index is 2.06. The lowest BCUT2D eigenvalue weighted by Crippen LogP contribution is -2.12. The molecule has 0 spiro atoms. The number of nitrogens with one attached hydrogen (secondary N) is 1. The number of nitrogens with two attached hydrogens (primary N) is 1. The quantitative estimate of drug-likeness (QED) is 0.827. The largest absolute Gasteiger partial charge is 0.496 e. The number of methoxy groups -OCH3 is 1. The Morgan fingerprint density at radius 3 is 3.00 bits per heavy atom. The van der Waals surface area contributed by atoms with Crippen molar-refractivity contribution in [2.24, 2.45) is 5.73 Å². The molecule has 0 atom stereocenters. The number of ether oxygens (including phenoxy) is 1. The summed E-state index contributed by atoms with van der Waals surface area (Å²) in [5.41, 5.74) is 6.51. The molecule has 0 unspecified atom stereocenters. The van der Waals surface area contributed by atoms with Gasteiger partial charge in [0.25, 0.3) is 0 Å². The average molecular weight is 264 g/mol. The summed E-state index contributed by atoms with van der Waals surface area (Å²) < 4.78 is 9.62. The fourth-order valence-electron chi connectivity index (χ4n) is 1.60. The second kappa shape index (κ2) is 6.32. The highest BCUT2D eigenvalue weighted by atomic mass is 32.1. The summed E-state index contributed by atoms with van der Waals surface area (Å²) in [5, 5.41) is 3.93. The minimum absolute atomic E-state index is 0.585. The van der Waals surface area contributed by atoms with Crippen LogP contribution in [-0.4, -0.2) is 29.6 Å². The molecule has 2 rings (SSSR count). The second-order valence-corrected chi connectivity index (χ2v) is 4.47. The molecule has 0 aliphatic heterocycles. The lowest BCUT2D eigenvalue weighted by Gasteiger charge is -2.05. The van der Waals surface area contributed by atoms with Gasteiger partial charge >= 0.3 is 0 Å². The third-order valence-electron chi connectivity index (χ3n) is 2.43. The number of para-hydroxylation sites is 1. The van der Waals surface area contributed by atoms with Gasteiger partial charge in [-0.05, 0) is 6.07 Å². The van der Waals surface area contributed by atoms with E-state index in [1.165, 1.54) is 11.5 Å². The van der Waals surface area contributed by atoms with Crippen molar-refractivity contribution in [2.75, 3.05) is 25.5 Å². The molecule has 3 N–H and O–H groups in total. The number of hydrogen-bond donors (Lipinski definition) is 2. The first kappa shape index (κ1) is 12.8. The fourth-order valence-corrected chi connectivity index (χ4v) is 2.21. The van der Waals surface area contributed by atoms with Crippen molar-refractivity contribution in [3.05, 3.63) is 35.7 Å². The molecular formula is C12H16N4OS. The van der Waals surface area contributed by atoms with Crippen LogP contribution in [0.1, 0.15) is 11.4 Å². The Hall–Kier alpha value is -1.66. The summed E-state index contributed by atoms with van der Waals surface area (Å²) in [6, 6.07) is 7.89. The summed E-state index contributed by atoms with van der Waals surface area (Å²) >= 11 is 1.35. The molecule has 0 saturated heterocycles. The van der Waals surface area contributed by atoms with Crippen LogP contribution in [0.3, 0.4) is 0 Å². The zero-order valence-electron chi connectivity index (χ0n) is 10.2. The van der Waals surface area contributed by atoms with Crippen molar-refractivity contribution in [1.82, 2.24) is 9.36 Å². The highest BCUT2D eigenvalue weighted by molar-refractivity contribution is 7.09. The molecule has 1 aromatic heterocycles. The van der Waals surface area contributed by atoms with E-state index in [0.29, 0.717) is 19.5 Å². The Labute approximate surface area is 110 Å². The molecule has 0 aliphatic carbocycles. The number of nitrogens with zero attached hydrogens (tertiary/aromatic N) is 2. The van der Waals surface area contributed by atoms with Crippen molar-refractivity contribution < 1.29 is 4.74 Å². The van der Waals surface area contributed by atoms with Gasteiger partial charge in [-0.25, -0.2) is 4.98 Å². The predicted octanol–water partition coefficient (Wildman–Crippen LogP) is 1.51. The van der Waals surface area contributed by atoms with E-state index >= 15 is 0 Å². The Morgan fingerprint density at radius 2 is 2.22 bits per heavy atom. The predicted molar refractivity (Wildman–Crippen MR) is 73.3 cm³/mol. The van der Waals surface area contributed by atoms with Crippen LogP contribution in [0.4, 0.5) is 5.13 Å². The molecule has 0 saturated carbocycles. The van der Waals surface area contributed by atoms with Crippen LogP contribution in [0.25, 0.3) is 0 Å². The van der Waals surface area contributed by atoms with Gasteiger partial charge < -0.3 is 15.8 Å². The third-order valence-corrected chi connectivity index (χ3v) is 3.14. The zero-order valence-corrected chi connectivity index (χ0v) is 11.0. The van der Waals surface area contributed by atoms with Crippen LogP contribution >= 0.6 is 11.5 Å². The molecule has 6 heteroatoms. The normalized spacial score (nSPS) is 10.3. The van der Waals surface area contributed by atoms with E-state index in [1.807, 2.05) is 24.3 Å². The van der Waals surface area contributed by atoms with Gasteiger partial charge in [-0.1, -0.05) is 18.2 Å². The first-order chi connectivity index (χ1) is 8.83. The first-order valence-corrected chi connectivity index (χ1v) is 6.49. The monoisotopic (exact) mass is 264 g/mol. The van der Waals surface area contributed by atoms with Crippen LogP contribution in [0.15, 0.2) is 24.3 Å². The maximum Gasteiger partial charge on any atom is 0.202 e. The van der Waals surface area contributed by atoms with Gasteiger partial charge in [0.1, 0.15) is 11.6 Å². The molecule has 0 fully saturated rings. The van der Waals surface area contributed by atoms with Crippen molar-refractivity contribution in [3.63, 3.8) is 0 Å². The van der Waals surface area contributed by atoms with Gasteiger partial charge in [-0.3, -0.25) is 0 Å². The summed E-state index contributed by atoms with van der Waals surface area (Å²) in [5.74, 6) is 1.66. The van der Waals surface area contributed by atoms with E-state index in [4.69, 9.17) is 10.5 Å². The van der Waals surface area contributed by atoms with Crippen molar-refractivity contribution >= 4 is 16.7 Å². The fraction of sp³-hybridized carbons (Fsp3) is 0.333. The first-order valence-electron chi connectivity index (χ1n) is 5.72. The van der Waals surface area contributed by atoms with E-state index in [2.05, 4.69) is 14.7 Å². The molecule has 18 heavy (non-hydrogen) atoms. The number of rotatable bonds is 6. The standard InChI is InChI=1S/C12H16N4OS/c1-17-10-5-3-2-4-9(10)8-11-15-12(18-16-11)14-7-6-13/h2-5H,6-8,13H2,1H3,(H,14,15,16). The van der Waals surface area contributed by atoms with Gasteiger partial charge in [-0.15, -0.1) is 0 Å². The van der Waals surface area contributed by atoms with Gasteiger partial charge in [-0.2, -0.15) is 4.37 Å².